The normalized spacial score (nSPS) is 25.0. The molecular formula is C15H27N3. The van der Waals surface area contributed by atoms with Crippen molar-refractivity contribution in [2.75, 3.05) is 13.1 Å². The van der Waals surface area contributed by atoms with Crippen LogP contribution in [0.5, 0.6) is 0 Å². The van der Waals surface area contributed by atoms with Crippen LogP contribution in [0.3, 0.4) is 0 Å². The van der Waals surface area contributed by atoms with Crippen molar-refractivity contribution in [3.05, 3.63) is 18.2 Å². The fraction of sp³-hybridized carbons (Fsp3) is 0.800. The topological polar surface area (TPSA) is 29.9 Å². The average molecular weight is 249 g/mol. The Hall–Kier alpha value is -0.830. The molecule has 1 aliphatic heterocycles. The number of nitrogens with one attached hydrogen (secondary N) is 1. The van der Waals surface area contributed by atoms with E-state index >= 15 is 0 Å². The van der Waals surface area contributed by atoms with Crippen LogP contribution in [0.4, 0.5) is 0 Å². The molecule has 1 aliphatic rings. The van der Waals surface area contributed by atoms with Crippen LogP contribution in [-0.4, -0.2) is 22.6 Å². The van der Waals surface area contributed by atoms with Gasteiger partial charge in [0, 0.05) is 30.4 Å². The van der Waals surface area contributed by atoms with Gasteiger partial charge in [-0.25, -0.2) is 4.98 Å². The van der Waals surface area contributed by atoms with Gasteiger partial charge in [-0.2, -0.15) is 0 Å². The Bertz CT molecular complexity index is 398. The first kappa shape index (κ1) is 13.6. The Labute approximate surface area is 111 Å². The van der Waals surface area contributed by atoms with Crippen molar-refractivity contribution in [3.8, 4) is 0 Å². The van der Waals surface area contributed by atoms with E-state index in [0.29, 0.717) is 11.3 Å². The second-order valence-corrected chi connectivity index (χ2v) is 7.04. The van der Waals surface area contributed by atoms with Gasteiger partial charge < -0.3 is 9.88 Å². The van der Waals surface area contributed by atoms with Gasteiger partial charge in [-0.15, -0.1) is 0 Å². The zero-order valence-corrected chi connectivity index (χ0v) is 12.5. The van der Waals surface area contributed by atoms with Crippen molar-refractivity contribution in [2.24, 2.45) is 11.3 Å². The largest absolute Gasteiger partial charge is 0.333 e. The smallest absolute Gasteiger partial charge is 0.0948 e. The zero-order chi connectivity index (χ0) is 13.4. The lowest BCUT2D eigenvalue weighted by molar-refractivity contribution is 0.204. The summed E-state index contributed by atoms with van der Waals surface area (Å²) in [6.45, 7) is 14.9. The third kappa shape index (κ3) is 2.46. The van der Waals surface area contributed by atoms with Crippen molar-refractivity contribution in [3.63, 3.8) is 0 Å². The molecule has 1 aromatic heterocycles. The van der Waals surface area contributed by atoms with Gasteiger partial charge in [-0.05, 0) is 24.3 Å². The maximum absolute atomic E-state index is 4.39. The molecule has 0 spiro atoms. The minimum Gasteiger partial charge on any atom is -0.333 e. The molecule has 0 amide bonds. The van der Waals surface area contributed by atoms with Crippen LogP contribution >= 0.6 is 0 Å². The second kappa shape index (κ2) is 4.69. The SMILES string of the molecule is CC(C)C(C)(C)Cn1cncc1C1(C)CCNC1. The predicted octanol–water partition coefficient (Wildman–Crippen LogP) is 2.82. The maximum atomic E-state index is 4.39. The lowest BCUT2D eigenvalue weighted by Gasteiger charge is -2.32. The molecule has 0 aromatic carbocycles. The molecule has 1 unspecified atom stereocenters. The van der Waals surface area contributed by atoms with Crippen molar-refractivity contribution >= 4 is 0 Å². The highest BCUT2D eigenvalue weighted by molar-refractivity contribution is 5.17. The summed E-state index contributed by atoms with van der Waals surface area (Å²) in [5, 5.41) is 3.47. The van der Waals surface area contributed by atoms with E-state index in [0.717, 1.165) is 19.6 Å². The van der Waals surface area contributed by atoms with Gasteiger partial charge >= 0.3 is 0 Å². The monoisotopic (exact) mass is 249 g/mol. The fourth-order valence-corrected chi connectivity index (χ4v) is 2.61. The summed E-state index contributed by atoms with van der Waals surface area (Å²) < 4.78 is 2.37. The summed E-state index contributed by atoms with van der Waals surface area (Å²) in [6, 6.07) is 0. The molecule has 0 aliphatic carbocycles. The Morgan fingerprint density at radius 2 is 2.22 bits per heavy atom. The Balaban J connectivity index is 2.23. The quantitative estimate of drug-likeness (QED) is 0.889. The molecule has 0 bridgehead atoms. The van der Waals surface area contributed by atoms with Crippen LogP contribution in [0.25, 0.3) is 0 Å². The lowest BCUT2D eigenvalue weighted by atomic mass is 9.80. The van der Waals surface area contributed by atoms with E-state index in [9.17, 15) is 0 Å². The third-order valence-electron chi connectivity index (χ3n) is 4.84. The summed E-state index contributed by atoms with van der Waals surface area (Å²) in [6.07, 6.45) is 5.27. The van der Waals surface area contributed by atoms with E-state index in [1.165, 1.54) is 12.1 Å². The van der Waals surface area contributed by atoms with Crippen molar-refractivity contribution in [2.45, 2.75) is 53.0 Å². The van der Waals surface area contributed by atoms with E-state index < -0.39 is 0 Å². The van der Waals surface area contributed by atoms with Crippen LogP contribution in [0, 0.1) is 11.3 Å². The Morgan fingerprint density at radius 3 is 2.78 bits per heavy atom. The maximum Gasteiger partial charge on any atom is 0.0948 e. The van der Waals surface area contributed by atoms with Crippen molar-refractivity contribution in [1.29, 1.82) is 0 Å². The van der Waals surface area contributed by atoms with Crippen LogP contribution in [-0.2, 0) is 12.0 Å². The van der Waals surface area contributed by atoms with Gasteiger partial charge in [-0.1, -0.05) is 34.6 Å². The molecule has 1 atom stereocenters. The summed E-state index contributed by atoms with van der Waals surface area (Å²) in [7, 11) is 0. The highest BCUT2D eigenvalue weighted by atomic mass is 15.1. The van der Waals surface area contributed by atoms with Gasteiger partial charge in [0.1, 0.15) is 0 Å². The van der Waals surface area contributed by atoms with E-state index in [-0.39, 0.29) is 5.41 Å². The zero-order valence-electron chi connectivity index (χ0n) is 12.5. The molecule has 1 saturated heterocycles. The second-order valence-electron chi connectivity index (χ2n) is 7.04. The molecule has 1 aromatic rings. The number of aromatic nitrogens is 2. The first-order chi connectivity index (χ1) is 8.35. The molecule has 0 saturated carbocycles. The predicted molar refractivity (Wildman–Crippen MR) is 75.7 cm³/mol. The minimum absolute atomic E-state index is 0.254. The molecule has 1 N–H and O–H groups in total. The molecule has 102 valence electrons. The van der Waals surface area contributed by atoms with E-state index in [1.807, 2.05) is 6.33 Å². The third-order valence-corrected chi connectivity index (χ3v) is 4.84. The molecule has 3 nitrogen and oxygen atoms in total. The Kier molecular flexibility index (Phi) is 3.54. The molecule has 18 heavy (non-hydrogen) atoms. The van der Waals surface area contributed by atoms with Crippen LogP contribution in [0.1, 0.15) is 46.7 Å². The molecule has 3 heteroatoms. The molecule has 2 rings (SSSR count). The fourth-order valence-electron chi connectivity index (χ4n) is 2.61. The summed E-state index contributed by atoms with van der Waals surface area (Å²) in [5.41, 5.74) is 1.95. The summed E-state index contributed by atoms with van der Waals surface area (Å²) in [4.78, 5) is 4.39. The summed E-state index contributed by atoms with van der Waals surface area (Å²) >= 11 is 0. The van der Waals surface area contributed by atoms with E-state index in [4.69, 9.17) is 0 Å². The number of hydrogen-bond acceptors (Lipinski definition) is 2. The highest BCUT2D eigenvalue weighted by Gasteiger charge is 2.34. The number of nitrogens with zero attached hydrogens (tertiary/aromatic N) is 2. The van der Waals surface area contributed by atoms with Crippen molar-refractivity contribution < 1.29 is 0 Å². The average Bonchev–Trinajstić information content (AvgIpc) is 2.87. The van der Waals surface area contributed by atoms with Gasteiger partial charge in [-0.3, -0.25) is 0 Å². The van der Waals surface area contributed by atoms with Crippen molar-refractivity contribution in [1.82, 2.24) is 14.9 Å². The van der Waals surface area contributed by atoms with E-state index in [2.05, 4.69) is 55.7 Å². The number of imidazole rings is 1. The first-order valence-electron chi connectivity index (χ1n) is 7.06. The summed E-state index contributed by atoms with van der Waals surface area (Å²) in [5.74, 6) is 0.669. The van der Waals surface area contributed by atoms with Gasteiger partial charge in [0.2, 0.25) is 0 Å². The van der Waals surface area contributed by atoms with Gasteiger partial charge in [0.25, 0.3) is 0 Å². The molecular weight excluding hydrogens is 222 g/mol. The lowest BCUT2D eigenvalue weighted by Crippen LogP contribution is -2.32. The molecule has 2 heterocycles. The van der Waals surface area contributed by atoms with Gasteiger partial charge in [0.15, 0.2) is 0 Å². The van der Waals surface area contributed by atoms with Crippen LogP contribution in [0.2, 0.25) is 0 Å². The Morgan fingerprint density at radius 1 is 1.50 bits per heavy atom. The number of rotatable bonds is 4. The highest BCUT2D eigenvalue weighted by Crippen LogP contribution is 2.33. The molecule has 1 fully saturated rings. The van der Waals surface area contributed by atoms with Gasteiger partial charge in [0.05, 0.1) is 6.33 Å². The standard InChI is InChI=1S/C15H27N3/c1-12(2)14(3,4)10-18-11-17-8-13(18)15(5)6-7-16-9-15/h8,11-12,16H,6-7,9-10H2,1-5H3. The number of hydrogen-bond donors (Lipinski definition) is 1. The van der Waals surface area contributed by atoms with Crippen LogP contribution in [0.15, 0.2) is 12.5 Å². The van der Waals surface area contributed by atoms with Crippen LogP contribution < -0.4 is 5.32 Å². The first-order valence-corrected chi connectivity index (χ1v) is 7.06. The molecule has 0 radical (unpaired) electrons. The minimum atomic E-state index is 0.254. The van der Waals surface area contributed by atoms with E-state index in [1.54, 1.807) is 0 Å².